The number of hydrogen-bond acceptors (Lipinski definition) is 3. The molecule has 2 aromatic carbocycles. The van der Waals surface area contributed by atoms with Crippen molar-refractivity contribution in [3.05, 3.63) is 59.9 Å². The van der Waals surface area contributed by atoms with Gasteiger partial charge in [-0.2, -0.15) is 0 Å². The normalized spacial score (nSPS) is 11.3. The molecule has 6 heteroatoms. The molecule has 21 heavy (non-hydrogen) atoms. The van der Waals surface area contributed by atoms with Gasteiger partial charge >= 0.3 is 0 Å². The van der Waals surface area contributed by atoms with Crippen molar-refractivity contribution in [3.8, 4) is 0 Å². The first-order valence-electron chi connectivity index (χ1n) is 6.54. The van der Waals surface area contributed by atoms with Crippen LogP contribution in [0.15, 0.2) is 53.4 Å². The fraction of sp³-hybridized carbons (Fsp3) is 0.200. The maximum atomic E-state index is 12.8. The van der Waals surface area contributed by atoms with Crippen LogP contribution in [0.2, 0.25) is 0 Å². The molecule has 2 rings (SSSR count). The van der Waals surface area contributed by atoms with Crippen LogP contribution in [0.5, 0.6) is 0 Å². The SMILES string of the molecule is CNc1ccccc1S(=O)(=O)NCCc1ccc(F)cc1. The number of halogens is 1. The summed E-state index contributed by atoms with van der Waals surface area (Å²) in [5, 5.41) is 2.86. The Balaban J connectivity index is 2.03. The highest BCUT2D eigenvalue weighted by Gasteiger charge is 2.16. The third-order valence-electron chi connectivity index (χ3n) is 3.06. The smallest absolute Gasteiger partial charge is 0.242 e. The van der Waals surface area contributed by atoms with E-state index in [1.165, 1.54) is 12.1 Å². The number of nitrogens with one attached hydrogen (secondary N) is 2. The van der Waals surface area contributed by atoms with Crippen molar-refractivity contribution in [1.29, 1.82) is 0 Å². The average Bonchev–Trinajstić information content (AvgIpc) is 2.49. The number of benzene rings is 2. The Labute approximate surface area is 124 Å². The molecule has 0 bridgehead atoms. The molecule has 2 N–H and O–H groups in total. The molecule has 0 radical (unpaired) electrons. The van der Waals surface area contributed by atoms with Gasteiger partial charge in [-0.1, -0.05) is 24.3 Å². The molecular formula is C15H17FN2O2S. The molecule has 0 aliphatic heterocycles. The molecule has 2 aromatic rings. The van der Waals surface area contributed by atoms with Crippen LogP contribution in [-0.4, -0.2) is 22.0 Å². The molecule has 0 fully saturated rings. The first-order valence-corrected chi connectivity index (χ1v) is 8.02. The maximum Gasteiger partial charge on any atom is 0.242 e. The Kier molecular flexibility index (Phi) is 4.93. The number of anilines is 1. The van der Waals surface area contributed by atoms with Crippen LogP contribution < -0.4 is 10.0 Å². The summed E-state index contributed by atoms with van der Waals surface area (Å²) in [7, 11) is -1.89. The minimum Gasteiger partial charge on any atom is -0.387 e. The zero-order chi connectivity index (χ0) is 15.3. The minimum atomic E-state index is -3.57. The van der Waals surface area contributed by atoms with Crippen LogP contribution in [0.4, 0.5) is 10.1 Å². The van der Waals surface area contributed by atoms with Crippen LogP contribution in [0.1, 0.15) is 5.56 Å². The second-order valence-corrected chi connectivity index (χ2v) is 6.26. The predicted octanol–water partition coefficient (Wildman–Crippen LogP) is 2.39. The van der Waals surface area contributed by atoms with E-state index in [9.17, 15) is 12.8 Å². The van der Waals surface area contributed by atoms with Gasteiger partial charge in [0.1, 0.15) is 10.7 Å². The third-order valence-corrected chi connectivity index (χ3v) is 4.58. The summed E-state index contributed by atoms with van der Waals surface area (Å²) in [5.41, 5.74) is 1.42. The summed E-state index contributed by atoms with van der Waals surface area (Å²) >= 11 is 0. The van der Waals surface area contributed by atoms with Crippen LogP contribution in [0, 0.1) is 5.82 Å². The maximum absolute atomic E-state index is 12.8. The Hall–Kier alpha value is -1.92. The van der Waals surface area contributed by atoms with E-state index in [-0.39, 0.29) is 17.3 Å². The summed E-state index contributed by atoms with van der Waals surface area (Å²) in [6, 6.07) is 12.7. The van der Waals surface area contributed by atoms with Gasteiger partial charge in [-0.05, 0) is 36.2 Å². The van der Waals surface area contributed by atoms with Gasteiger partial charge in [0.2, 0.25) is 10.0 Å². The lowest BCUT2D eigenvalue weighted by molar-refractivity contribution is 0.582. The van der Waals surface area contributed by atoms with E-state index in [1.807, 2.05) is 0 Å². The fourth-order valence-corrected chi connectivity index (χ4v) is 3.21. The Bertz CT molecular complexity index is 700. The van der Waals surface area contributed by atoms with E-state index in [0.717, 1.165) is 5.56 Å². The van der Waals surface area contributed by atoms with Crippen molar-refractivity contribution in [2.24, 2.45) is 0 Å². The lowest BCUT2D eigenvalue weighted by Gasteiger charge is -2.11. The molecule has 0 heterocycles. The van der Waals surface area contributed by atoms with Crippen LogP contribution in [0.3, 0.4) is 0 Å². The van der Waals surface area contributed by atoms with Crippen molar-refractivity contribution < 1.29 is 12.8 Å². The summed E-state index contributed by atoms with van der Waals surface area (Å²) in [6.45, 7) is 0.256. The van der Waals surface area contributed by atoms with Gasteiger partial charge in [-0.25, -0.2) is 17.5 Å². The van der Waals surface area contributed by atoms with Gasteiger partial charge in [0.25, 0.3) is 0 Å². The molecule has 0 spiro atoms. The standard InChI is InChI=1S/C15H17FN2O2S/c1-17-14-4-2-3-5-15(14)21(19,20)18-11-10-12-6-8-13(16)9-7-12/h2-9,17-18H,10-11H2,1H3. The van der Waals surface area contributed by atoms with E-state index in [1.54, 1.807) is 43.4 Å². The highest BCUT2D eigenvalue weighted by atomic mass is 32.2. The van der Waals surface area contributed by atoms with E-state index in [0.29, 0.717) is 12.1 Å². The van der Waals surface area contributed by atoms with Crippen molar-refractivity contribution in [1.82, 2.24) is 4.72 Å². The highest BCUT2D eigenvalue weighted by molar-refractivity contribution is 7.89. The summed E-state index contributed by atoms with van der Waals surface area (Å²) in [5.74, 6) is -0.303. The van der Waals surface area contributed by atoms with E-state index >= 15 is 0 Å². The monoisotopic (exact) mass is 308 g/mol. The second kappa shape index (κ2) is 6.69. The molecule has 0 aromatic heterocycles. The predicted molar refractivity (Wildman–Crippen MR) is 81.3 cm³/mol. The summed E-state index contributed by atoms with van der Waals surface area (Å²) in [4.78, 5) is 0.214. The Morgan fingerprint density at radius 3 is 2.38 bits per heavy atom. The minimum absolute atomic E-state index is 0.214. The number of para-hydroxylation sites is 1. The van der Waals surface area contributed by atoms with Crippen LogP contribution in [-0.2, 0) is 16.4 Å². The molecular weight excluding hydrogens is 291 g/mol. The second-order valence-electron chi connectivity index (χ2n) is 4.52. The van der Waals surface area contributed by atoms with Crippen LogP contribution >= 0.6 is 0 Å². The lowest BCUT2D eigenvalue weighted by Crippen LogP contribution is -2.26. The third kappa shape index (κ3) is 4.03. The lowest BCUT2D eigenvalue weighted by atomic mass is 10.1. The van der Waals surface area contributed by atoms with Crippen molar-refractivity contribution in [2.75, 3.05) is 18.9 Å². The molecule has 0 unspecified atom stereocenters. The number of hydrogen-bond donors (Lipinski definition) is 2. The summed E-state index contributed by atoms with van der Waals surface area (Å²) < 4.78 is 39.8. The Morgan fingerprint density at radius 2 is 1.71 bits per heavy atom. The van der Waals surface area contributed by atoms with Crippen molar-refractivity contribution in [3.63, 3.8) is 0 Å². The largest absolute Gasteiger partial charge is 0.387 e. The summed E-state index contributed by atoms with van der Waals surface area (Å²) in [6.07, 6.45) is 0.501. The van der Waals surface area contributed by atoms with E-state index < -0.39 is 10.0 Å². The van der Waals surface area contributed by atoms with E-state index in [4.69, 9.17) is 0 Å². The molecule has 0 aliphatic carbocycles. The van der Waals surface area contributed by atoms with Crippen LogP contribution in [0.25, 0.3) is 0 Å². The molecule has 0 aliphatic rings. The van der Waals surface area contributed by atoms with Gasteiger partial charge in [0.05, 0.1) is 5.69 Å². The first kappa shape index (κ1) is 15.5. The highest BCUT2D eigenvalue weighted by Crippen LogP contribution is 2.19. The van der Waals surface area contributed by atoms with Gasteiger partial charge in [-0.3, -0.25) is 0 Å². The molecule has 112 valence electrons. The van der Waals surface area contributed by atoms with Gasteiger partial charge in [0, 0.05) is 13.6 Å². The number of sulfonamides is 1. The molecule has 0 atom stereocenters. The Morgan fingerprint density at radius 1 is 1.05 bits per heavy atom. The van der Waals surface area contributed by atoms with Gasteiger partial charge in [-0.15, -0.1) is 0 Å². The topological polar surface area (TPSA) is 58.2 Å². The van der Waals surface area contributed by atoms with Gasteiger partial charge < -0.3 is 5.32 Å². The number of rotatable bonds is 6. The van der Waals surface area contributed by atoms with Gasteiger partial charge in [0.15, 0.2) is 0 Å². The first-order chi connectivity index (χ1) is 10.0. The molecule has 4 nitrogen and oxygen atoms in total. The molecule has 0 saturated carbocycles. The zero-order valence-corrected chi connectivity index (χ0v) is 12.5. The molecule has 0 amide bonds. The van der Waals surface area contributed by atoms with E-state index in [2.05, 4.69) is 10.0 Å². The molecule has 0 saturated heterocycles. The zero-order valence-electron chi connectivity index (χ0n) is 11.6. The fourth-order valence-electron chi connectivity index (χ4n) is 1.97. The average molecular weight is 308 g/mol. The van der Waals surface area contributed by atoms with Crippen molar-refractivity contribution >= 4 is 15.7 Å². The quantitative estimate of drug-likeness (QED) is 0.861. The van der Waals surface area contributed by atoms with Crippen molar-refractivity contribution in [2.45, 2.75) is 11.3 Å².